The summed E-state index contributed by atoms with van der Waals surface area (Å²) >= 11 is 1.04. The van der Waals surface area contributed by atoms with Crippen LogP contribution in [0.25, 0.3) is 10.2 Å². The molecule has 0 spiro atoms. The number of carbonyl (C=O) groups is 1. The van der Waals surface area contributed by atoms with Gasteiger partial charge in [0, 0.05) is 0 Å². The van der Waals surface area contributed by atoms with Gasteiger partial charge in [0.2, 0.25) is 0 Å². The summed E-state index contributed by atoms with van der Waals surface area (Å²) in [6.45, 7) is 0.303. The topological polar surface area (TPSA) is 81.2 Å². The summed E-state index contributed by atoms with van der Waals surface area (Å²) in [6.07, 6.45) is 0. The Morgan fingerprint density at radius 3 is 2.29 bits per heavy atom. The zero-order valence-electron chi connectivity index (χ0n) is 14.8. The van der Waals surface area contributed by atoms with E-state index in [1.54, 1.807) is 0 Å². The minimum Gasteiger partial charge on any atom is -0.457 e. The van der Waals surface area contributed by atoms with E-state index in [1.807, 2.05) is 60.7 Å². The number of H-pyrrole nitrogens is 1. The highest BCUT2D eigenvalue weighted by molar-refractivity contribution is 7.20. The number of hydrogen-bond acceptors (Lipinski definition) is 5. The SMILES string of the molecule is O=C(OCc1ccccc1)c1cc2c(=O)n(Cc3ccccc3)c(=O)[nH]c2s1. The number of benzene rings is 2. The van der Waals surface area contributed by atoms with Crippen LogP contribution in [0.5, 0.6) is 0 Å². The van der Waals surface area contributed by atoms with E-state index in [-0.39, 0.29) is 18.0 Å². The molecule has 7 heteroatoms. The van der Waals surface area contributed by atoms with Gasteiger partial charge in [0.05, 0.1) is 11.9 Å². The van der Waals surface area contributed by atoms with E-state index in [2.05, 4.69) is 4.98 Å². The molecule has 2 aromatic heterocycles. The number of nitrogens with one attached hydrogen (secondary N) is 1. The number of nitrogens with zero attached hydrogens (tertiary/aromatic N) is 1. The highest BCUT2D eigenvalue weighted by atomic mass is 32.1. The fourth-order valence-corrected chi connectivity index (χ4v) is 3.78. The molecule has 28 heavy (non-hydrogen) atoms. The molecule has 0 saturated carbocycles. The molecule has 4 aromatic rings. The second-order valence-electron chi connectivity index (χ2n) is 6.22. The molecule has 0 aliphatic rings. The highest BCUT2D eigenvalue weighted by Crippen LogP contribution is 2.21. The van der Waals surface area contributed by atoms with Gasteiger partial charge in [0.1, 0.15) is 16.3 Å². The third-order valence-corrected chi connectivity index (χ3v) is 5.30. The quantitative estimate of drug-likeness (QED) is 0.529. The van der Waals surface area contributed by atoms with E-state index in [9.17, 15) is 14.4 Å². The van der Waals surface area contributed by atoms with Crippen LogP contribution < -0.4 is 11.2 Å². The Bertz CT molecular complexity index is 1240. The van der Waals surface area contributed by atoms with Crippen molar-refractivity contribution in [2.75, 3.05) is 0 Å². The summed E-state index contributed by atoms with van der Waals surface area (Å²) in [7, 11) is 0. The molecule has 4 rings (SSSR count). The fourth-order valence-electron chi connectivity index (χ4n) is 2.85. The first-order valence-electron chi connectivity index (χ1n) is 8.63. The Labute approximate surface area is 163 Å². The van der Waals surface area contributed by atoms with Gasteiger partial charge < -0.3 is 4.74 Å². The predicted molar refractivity (Wildman–Crippen MR) is 108 cm³/mol. The van der Waals surface area contributed by atoms with Crippen molar-refractivity contribution in [3.63, 3.8) is 0 Å². The van der Waals surface area contributed by atoms with E-state index in [0.717, 1.165) is 27.0 Å². The largest absolute Gasteiger partial charge is 0.457 e. The standard InChI is InChI=1S/C21H16N2O4S/c24-19-16-11-17(20(25)27-13-15-9-5-2-6-10-15)28-18(16)22-21(26)23(19)12-14-7-3-1-4-8-14/h1-11H,12-13H2,(H,22,26). The normalized spacial score (nSPS) is 10.9. The van der Waals surface area contributed by atoms with Gasteiger partial charge in [-0.3, -0.25) is 14.3 Å². The Balaban J connectivity index is 1.62. The summed E-state index contributed by atoms with van der Waals surface area (Å²) in [5.74, 6) is -0.528. The second kappa shape index (κ2) is 7.66. The first-order valence-corrected chi connectivity index (χ1v) is 9.45. The lowest BCUT2D eigenvalue weighted by Gasteiger charge is -2.04. The molecule has 0 fully saturated rings. The first-order chi connectivity index (χ1) is 13.6. The number of rotatable bonds is 5. The van der Waals surface area contributed by atoms with Crippen LogP contribution in [0.1, 0.15) is 20.8 Å². The third kappa shape index (κ3) is 3.65. The summed E-state index contributed by atoms with van der Waals surface area (Å²) in [5, 5.41) is 0.298. The number of ether oxygens (including phenoxy) is 1. The van der Waals surface area contributed by atoms with E-state index in [4.69, 9.17) is 4.74 Å². The number of fused-ring (bicyclic) bond motifs is 1. The molecule has 6 nitrogen and oxygen atoms in total. The Kier molecular flexibility index (Phi) is 4.90. The Hall–Kier alpha value is -3.45. The molecule has 0 amide bonds. The van der Waals surface area contributed by atoms with Crippen LogP contribution in [-0.4, -0.2) is 15.5 Å². The molecule has 1 N–H and O–H groups in total. The predicted octanol–water partition coefficient (Wildman–Crippen LogP) is 3.16. The maximum Gasteiger partial charge on any atom is 0.348 e. The lowest BCUT2D eigenvalue weighted by Crippen LogP contribution is -2.34. The van der Waals surface area contributed by atoms with Gasteiger partial charge in [-0.25, -0.2) is 9.59 Å². The third-order valence-electron chi connectivity index (χ3n) is 4.27. The molecule has 0 radical (unpaired) electrons. The zero-order valence-corrected chi connectivity index (χ0v) is 15.6. The monoisotopic (exact) mass is 392 g/mol. The van der Waals surface area contributed by atoms with E-state index in [0.29, 0.717) is 10.2 Å². The lowest BCUT2D eigenvalue weighted by molar-refractivity contribution is 0.0478. The van der Waals surface area contributed by atoms with Crippen molar-refractivity contribution in [1.82, 2.24) is 9.55 Å². The number of carbonyl (C=O) groups excluding carboxylic acids is 1. The van der Waals surface area contributed by atoms with Gasteiger partial charge in [-0.05, 0) is 17.2 Å². The number of aromatic nitrogens is 2. The zero-order chi connectivity index (χ0) is 19.5. The van der Waals surface area contributed by atoms with Crippen LogP contribution >= 0.6 is 11.3 Å². The number of hydrogen-bond donors (Lipinski definition) is 1. The van der Waals surface area contributed by atoms with Gasteiger partial charge in [-0.1, -0.05) is 60.7 Å². The van der Waals surface area contributed by atoms with Gasteiger partial charge >= 0.3 is 11.7 Å². The van der Waals surface area contributed by atoms with Crippen molar-refractivity contribution in [3.05, 3.63) is 104 Å². The van der Waals surface area contributed by atoms with E-state index in [1.165, 1.54) is 6.07 Å². The lowest BCUT2D eigenvalue weighted by atomic mass is 10.2. The Morgan fingerprint density at radius 1 is 0.964 bits per heavy atom. The van der Waals surface area contributed by atoms with Crippen LogP contribution in [0.2, 0.25) is 0 Å². The minimum atomic E-state index is -0.528. The molecule has 0 aliphatic heterocycles. The van der Waals surface area contributed by atoms with Gasteiger partial charge in [-0.2, -0.15) is 0 Å². The smallest absolute Gasteiger partial charge is 0.348 e. The van der Waals surface area contributed by atoms with Crippen molar-refractivity contribution in [1.29, 1.82) is 0 Å². The molecule has 2 aromatic carbocycles. The molecular weight excluding hydrogens is 376 g/mol. The van der Waals surface area contributed by atoms with E-state index >= 15 is 0 Å². The maximum absolute atomic E-state index is 12.8. The molecule has 0 atom stereocenters. The number of thiophene rings is 1. The van der Waals surface area contributed by atoms with Crippen molar-refractivity contribution < 1.29 is 9.53 Å². The fraction of sp³-hybridized carbons (Fsp3) is 0.0952. The van der Waals surface area contributed by atoms with Crippen molar-refractivity contribution in [2.24, 2.45) is 0 Å². The van der Waals surface area contributed by atoms with Crippen molar-refractivity contribution >= 4 is 27.5 Å². The van der Waals surface area contributed by atoms with Crippen LogP contribution in [0, 0.1) is 0 Å². The average molecular weight is 392 g/mol. The first kappa shape index (κ1) is 17.9. The molecule has 2 heterocycles. The maximum atomic E-state index is 12.8. The van der Waals surface area contributed by atoms with Gasteiger partial charge in [0.25, 0.3) is 5.56 Å². The summed E-state index contributed by atoms with van der Waals surface area (Å²) in [5.41, 5.74) is 0.774. The van der Waals surface area contributed by atoms with Gasteiger partial charge in [-0.15, -0.1) is 11.3 Å². The molecule has 0 unspecified atom stereocenters. The summed E-state index contributed by atoms with van der Waals surface area (Å²) < 4.78 is 6.44. The molecular formula is C21H16N2O4S. The molecule has 0 aliphatic carbocycles. The van der Waals surface area contributed by atoms with Crippen molar-refractivity contribution in [2.45, 2.75) is 13.2 Å². The summed E-state index contributed by atoms with van der Waals surface area (Å²) in [6, 6.07) is 20.1. The molecule has 0 bridgehead atoms. The van der Waals surface area contributed by atoms with Crippen LogP contribution in [0.15, 0.2) is 76.3 Å². The van der Waals surface area contributed by atoms with Gasteiger partial charge in [0.15, 0.2) is 0 Å². The van der Waals surface area contributed by atoms with E-state index < -0.39 is 17.2 Å². The van der Waals surface area contributed by atoms with Crippen LogP contribution in [-0.2, 0) is 17.9 Å². The average Bonchev–Trinajstić information content (AvgIpc) is 3.15. The number of aromatic amines is 1. The van der Waals surface area contributed by atoms with Crippen LogP contribution in [0.4, 0.5) is 0 Å². The Morgan fingerprint density at radius 2 is 1.61 bits per heavy atom. The number of esters is 1. The minimum absolute atomic E-state index is 0.142. The summed E-state index contributed by atoms with van der Waals surface area (Å²) in [4.78, 5) is 40.8. The second-order valence-corrected chi connectivity index (χ2v) is 7.27. The van der Waals surface area contributed by atoms with Crippen molar-refractivity contribution in [3.8, 4) is 0 Å². The van der Waals surface area contributed by atoms with Crippen LogP contribution in [0.3, 0.4) is 0 Å². The molecule has 0 saturated heterocycles. The molecule has 140 valence electrons. The highest BCUT2D eigenvalue weighted by Gasteiger charge is 2.16.